The molecule has 1 rings (SSSR count). The van der Waals surface area contributed by atoms with E-state index in [1.165, 1.54) is 0 Å². The second kappa shape index (κ2) is 6.93. The first-order valence-corrected chi connectivity index (χ1v) is 5.21. The van der Waals surface area contributed by atoms with Crippen LogP contribution in [0.1, 0.15) is 27.2 Å². The summed E-state index contributed by atoms with van der Waals surface area (Å²) >= 11 is 0. The van der Waals surface area contributed by atoms with Gasteiger partial charge in [-0.3, -0.25) is 9.79 Å². The zero-order valence-corrected chi connectivity index (χ0v) is 12.3. The number of ether oxygens (including phenoxy) is 1. The predicted octanol–water partition coefficient (Wildman–Crippen LogP) is 0.885. The third-order valence-corrected chi connectivity index (χ3v) is 1.72. The Morgan fingerprint density at radius 2 is 2.25 bits per heavy atom. The van der Waals surface area contributed by atoms with Crippen molar-refractivity contribution in [1.29, 1.82) is 0 Å². The van der Waals surface area contributed by atoms with E-state index >= 15 is 0 Å². The lowest BCUT2D eigenvalue weighted by molar-refractivity contribution is -0.153. The minimum Gasteiger partial charge on any atom is -0.459 e. The molecule has 1 heterocycles. The van der Waals surface area contributed by atoms with Crippen LogP contribution in [0, 0.1) is 0 Å². The van der Waals surface area contributed by atoms with E-state index in [0.29, 0.717) is 5.96 Å². The van der Waals surface area contributed by atoms with Gasteiger partial charge in [0.15, 0.2) is 5.96 Å². The highest BCUT2D eigenvalue weighted by molar-refractivity contribution is 14.0. The Bertz CT molecular complexity index is 261. The fourth-order valence-corrected chi connectivity index (χ4v) is 1.18. The molecule has 0 spiro atoms. The maximum absolute atomic E-state index is 11.3. The van der Waals surface area contributed by atoms with Crippen molar-refractivity contribution in [2.24, 2.45) is 4.99 Å². The van der Waals surface area contributed by atoms with Crippen molar-refractivity contribution in [3.63, 3.8) is 0 Å². The van der Waals surface area contributed by atoms with Gasteiger partial charge in [0.1, 0.15) is 12.1 Å². The van der Waals surface area contributed by atoms with Crippen LogP contribution < -0.4 is 10.6 Å². The summed E-state index contributed by atoms with van der Waals surface area (Å²) in [6, 6.07) is 0. The van der Waals surface area contributed by atoms with E-state index in [9.17, 15) is 4.79 Å². The molecule has 5 nitrogen and oxygen atoms in total. The molecule has 0 amide bonds. The van der Waals surface area contributed by atoms with Crippen molar-refractivity contribution in [2.75, 3.05) is 19.6 Å². The van der Waals surface area contributed by atoms with Crippen LogP contribution in [0.15, 0.2) is 4.99 Å². The average Bonchev–Trinajstić information content (AvgIpc) is 2.14. The lowest BCUT2D eigenvalue weighted by Gasteiger charge is -2.20. The van der Waals surface area contributed by atoms with E-state index in [2.05, 4.69) is 15.6 Å². The Kier molecular flexibility index (Phi) is 6.70. The van der Waals surface area contributed by atoms with Crippen molar-refractivity contribution in [2.45, 2.75) is 32.8 Å². The fourth-order valence-electron chi connectivity index (χ4n) is 1.18. The number of nitrogens with zero attached hydrogens (tertiary/aromatic N) is 1. The number of carbonyl (C=O) groups excluding carboxylic acids is 1. The number of carbonyl (C=O) groups is 1. The highest BCUT2D eigenvalue weighted by Crippen LogP contribution is 2.06. The Morgan fingerprint density at radius 1 is 1.56 bits per heavy atom. The number of guanidine groups is 1. The van der Waals surface area contributed by atoms with Gasteiger partial charge < -0.3 is 15.4 Å². The molecule has 0 aromatic rings. The number of rotatable bonds is 2. The van der Waals surface area contributed by atoms with Crippen LogP contribution in [0.25, 0.3) is 0 Å². The largest absolute Gasteiger partial charge is 0.459 e. The van der Waals surface area contributed by atoms with Gasteiger partial charge in [0, 0.05) is 13.1 Å². The molecule has 0 saturated heterocycles. The summed E-state index contributed by atoms with van der Waals surface area (Å²) in [5, 5.41) is 5.98. The summed E-state index contributed by atoms with van der Waals surface area (Å²) in [5.74, 6) is 0.421. The third kappa shape index (κ3) is 6.86. The molecule has 1 aliphatic heterocycles. The van der Waals surface area contributed by atoms with Crippen LogP contribution in [0.4, 0.5) is 0 Å². The molecule has 6 heteroatoms. The Hall–Kier alpha value is -0.530. The maximum atomic E-state index is 11.3. The minimum absolute atomic E-state index is 0. The molecule has 0 aromatic carbocycles. The second-order valence-electron chi connectivity index (χ2n) is 4.45. The average molecular weight is 341 g/mol. The summed E-state index contributed by atoms with van der Waals surface area (Å²) in [4.78, 5) is 15.5. The second-order valence-corrected chi connectivity index (χ2v) is 4.45. The number of hydrogen-bond acceptors (Lipinski definition) is 5. The molecule has 2 N–H and O–H groups in total. The van der Waals surface area contributed by atoms with Crippen molar-refractivity contribution in [3.8, 4) is 0 Å². The first-order valence-electron chi connectivity index (χ1n) is 5.21. The van der Waals surface area contributed by atoms with Crippen LogP contribution in [0.3, 0.4) is 0 Å². The van der Waals surface area contributed by atoms with Gasteiger partial charge in [-0.15, -0.1) is 24.0 Å². The quantitative estimate of drug-likeness (QED) is 0.578. The summed E-state index contributed by atoms with van der Waals surface area (Å²) < 4.78 is 5.14. The number of aliphatic imine (C=N–C) groups is 1. The van der Waals surface area contributed by atoms with Crippen LogP contribution in [0.2, 0.25) is 0 Å². The standard InChI is InChI=1S/C10H19N3O2.HI/c1-10(2,3)15-8(14)7-13-9-11-5-4-6-12-9;/h4-7H2,1-3H3,(H2,11,12,13);1H. The molecule has 0 bridgehead atoms. The zero-order chi connectivity index (χ0) is 11.3. The van der Waals surface area contributed by atoms with Gasteiger partial charge in [-0.1, -0.05) is 0 Å². The minimum atomic E-state index is -0.430. The van der Waals surface area contributed by atoms with Crippen molar-refractivity contribution in [3.05, 3.63) is 0 Å². The van der Waals surface area contributed by atoms with Gasteiger partial charge in [0.25, 0.3) is 0 Å². The van der Waals surface area contributed by atoms with Gasteiger partial charge in [-0.05, 0) is 27.2 Å². The van der Waals surface area contributed by atoms with E-state index in [-0.39, 0.29) is 36.5 Å². The number of hydrogen-bond donors (Lipinski definition) is 2. The first kappa shape index (κ1) is 15.5. The molecule has 0 atom stereocenters. The molecule has 0 radical (unpaired) electrons. The van der Waals surface area contributed by atoms with Crippen LogP contribution in [-0.2, 0) is 9.53 Å². The normalized spacial score (nSPS) is 15.3. The lowest BCUT2D eigenvalue weighted by atomic mass is 10.2. The Balaban J connectivity index is 0.00000225. The topological polar surface area (TPSA) is 62.7 Å². The molecule has 0 fully saturated rings. The molecule has 0 aliphatic carbocycles. The third-order valence-electron chi connectivity index (χ3n) is 1.72. The molecule has 16 heavy (non-hydrogen) atoms. The predicted molar refractivity (Wildman–Crippen MR) is 74.2 cm³/mol. The Labute approximate surface area is 113 Å². The van der Waals surface area contributed by atoms with Crippen molar-refractivity contribution >= 4 is 35.9 Å². The molecular formula is C10H20IN3O2. The van der Waals surface area contributed by atoms with Gasteiger partial charge in [0.05, 0.1) is 0 Å². The van der Waals surface area contributed by atoms with Crippen molar-refractivity contribution < 1.29 is 9.53 Å². The number of nitrogens with one attached hydrogen (secondary N) is 2. The molecule has 94 valence electrons. The summed E-state index contributed by atoms with van der Waals surface area (Å²) in [6.45, 7) is 7.41. The molecular weight excluding hydrogens is 321 g/mol. The molecule has 0 aromatic heterocycles. The number of halogens is 1. The van der Waals surface area contributed by atoms with E-state index in [1.807, 2.05) is 20.8 Å². The van der Waals surface area contributed by atoms with Gasteiger partial charge in [-0.2, -0.15) is 0 Å². The van der Waals surface area contributed by atoms with Crippen molar-refractivity contribution in [1.82, 2.24) is 10.6 Å². The van der Waals surface area contributed by atoms with Gasteiger partial charge in [-0.25, -0.2) is 0 Å². The van der Waals surface area contributed by atoms with E-state index in [4.69, 9.17) is 4.74 Å². The van der Waals surface area contributed by atoms with E-state index < -0.39 is 5.60 Å². The maximum Gasteiger partial charge on any atom is 0.325 e. The highest BCUT2D eigenvalue weighted by Gasteiger charge is 2.16. The van der Waals surface area contributed by atoms with E-state index in [0.717, 1.165) is 19.5 Å². The van der Waals surface area contributed by atoms with Gasteiger partial charge >= 0.3 is 5.97 Å². The van der Waals surface area contributed by atoms with Crippen LogP contribution >= 0.6 is 24.0 Å². The van der Waals surface area contributed by atoms with E-state index in [1.54, 1.807) is 0 Å². The summed E-state index contributed by atoms with van der Waals surface area (Å²) in [6.07, 6.45) is 1.04. The first-order chi connectivity index (χ1) is 6.97. The summed E-state index contributed by atoms with van der Waals surface area (Å²) in [7, 11) is 0. The van der Waals surface area contributed by atoms with Gasteiger partial charge in [0.2, 0.25) is 0 Å². The van der Waals surface area contributed by atoms with Crippen LogP contribution in [0.5, 0.6) is 0 Å². The monoisotopic (exact) mass is 341 g/mol. The fraction of sp³-hybridized carbons (Fsp3) is 0.800. The molecule has 1 aliphatic rings. The molecule has 0 saturated carbocycles. The zero-order valence-electron chi connectivity index (χ0n) is 10.0. The van der Waals surface area contributed by atoms with Crippen LogP contribution in [-0.4, -0.2) is 37.2 Å². The Morgan fingerprint density at radius 3 is 2.75 bits per heavy atom. The SMILES string of the molecule is CC(C)(C)OC(=O)CNC1=NCCCN1.I. The highest BCUT2D eigenvalue weighted by atomic mass is 127. The smallest absolute Gasteiger partial charge is 0.325 e. The lowest BCUT2D eigenvalue weighted by Crippen LogP contribution is -2.44. The summed E-state index contributed by atoms with van der Waals surface area (Å²) in [5.41, 5.74) is -0.430. The number of esters is 1. The molecule has 0 unspecified atom stereocenters.